The first-order chi connectivity index (χ1) is 7.00. The predicted octanol–water partition coefficient (Wildman–Crippen LogP) is 2.06. The summed E-state index contributed by atoms with van der Waals surface area (Å²) in [7, 11) is 0. The van der Waals surface area contributed by atoms with Gasteiger partial charge in [0, 0.05) is 17.6 Å². The number of carbonyl (C=O) groups is 1. The fraction of sp³-hybridized carbons (Fsp3) is 0.455. The summed E-state index contributed by atoms with van der Waals surface area (Å²) in [6.07, 6.45) is 0. The van der Waals surface area contributed by atoms with E-state index in [0.717, 1.165) is 11.4 Å². The zero-order valence-electron chi connectivity index (χ0n) is 9.17. The number of carbonyl (C=O) groups excluding carboxylic acids is 1. The number of rotatable bonds is 3. The van der Waals surface area contributed by atoms with Crippen LogP contribution in [0.15, 0.2) is 12.1 Å². The second kappa shape index (κ2) is 5.12. The summed E-state index contributed by atoms with van der Waals surface area (Å²) in [6.45, 7) is 6.03. The highest BCUT2D eigenvalue weighted by atomic mass is 35.5. The van der Waals surface area contributed by atoms with Crippen LogP contribution < -0.4 is 5.32 Å². The number of nitrogens with one attached hydrogen (secondary N) is 1. The van der Waals surface area contributed by atoms with Gasteiger partial charge in [0.2, 0.25) is 0 Å². The van der Waals surface area contributed by atoms with E-state index in [-0.39, 0.29) is 11.3 Å². The van der Waals surface area contributed by atoms with E-state index in [1.807, 2.05) is 26.8 Å². The van der Waals surface area contributed by atoms with Gasteiger partial charge in [-0.25, -0.2) is 0 Å². The lowest BCUT2D eigenvalue weighted by molar-refractivity contribution is 0.0953. The summed E-state index contributed by atoms with van der Waals surface area (Å²) in [6, 6.07) is 3.61. The molecular weight excluding hydrogens is 212 g/mol. The molecule has 0 aliphatic heterocycles. The van der Waals surface area contributed by atoms with Crippen molar-refractivity contribution in [1.29, 1.82) is 0 Å². The van der Waals surface area contributed by atoms with Gasteiger partial charge in [-0.15, -0.1) is 11.6 Å². The maximum atomic E-state index is 11.7. The molecule has 0 aromatic carbocycles. The molecule has 0 aliphatic rings. The third-order valence-corrected chi connectivity index (χ3v) is 2.17. The van der Waals surface area contributed by atoms with E-state index in [1.165, 1.54) is 0 Å². The highest BCUT2D eigenvalue weighted by Gasteiger charge is 2.09. The normalized spacial score (nSPS) is 12.3. The molecule has 0 bridgehead atoms. The molecule has 15 heavy (non-hydrogen) atoms. The van der Waals surface area contributed by atoms with Crippen LogP contribution in [0.2, 0.25) is 0 Å². The van der Waals surface area contributed by atoms with Gasteiger partial charge in [-0.2, -0.15) is 0 Å². The Morgan fingerprint density at radius 2 is 2.20 bits per heavy atom. The van der Waals surface area contributed by atoms with E-state index in [2.05, 4.69) is 10.3 Å². The van der Waals surface area contributed by atoms with Crippen LogP contribution in [0.25, 0.3) is 0 Å². The maximum Gasteiger partial charge on any atom is 0.253 e. The second-order valence-electron chi connectivity index (χ2n) is 3.58. The first kappa shape index (κ1) is 12.0. The van der Waals surface area contributed by atoms with Crippen molar-refractivity contribution in [3.63, 3.8) is 0 Å². The van der Waals surface area contributed by atoms with Gasteiger partial charge in [-0.3, -0.25) is 9.78 Å². The molecule has 1 amide bonds. The first-order valence-electron chi connectivity index (χ1n) is 4.87. The topological polar surface area (TPSA) is 42.0 Å². The Balaban J connectivity index is 2.74. The van der Waals surface area contributed by atoms with Crippen molar-refractivity contribution in [1.82, 2.24) is 10.3 Å². The molecule has 4 heteroatoms. The van der Waals surface area contributed by atoms with E-state index in [0.29, 0.717) is 12.1 Å². The molecule has 0 saturated carbocycles. The van der Waals surface area contributed by atoms with E-state index in [9.17, 15) is 4.79 Å². The second-order valence-corrected chi connectivity index (χ2v) is 4.32. The van der Waals surface area contributed by atoms with Crippen LogP contribution in [0.5, 0.6) is 0 Å². The Kier molecular flexibility index (Phi) is 4.09. The van der Waals surface area contributed by atoms with Crippen LogP contribution in [-0.2, 0) is 0 Å². The number of halogens is 1. The van der Waals surface area contributed by atoms with Crippen LogP contribution in [0.1, 0.15) is 28.7 Å². The lowest BCUT2D eigenvalue weighted by Gasteiger charge is -2.08. The van der Waals surface area contributed by atoms with E-state index < -0.39 is 0 Å². The summed E-state index contributed by atoms with van der Waals surface area (Å²) >= 11 is 5.74. The fourth-order valence-corrected chi connectivity index (χ4v) is 1.33. The van der Waals surface area contributed by atoms with E-state index >= 15 is 0 Å². The molecule has 0 saturated heterocycles. The van der Waals surface area contributed by atoms with Crippen molar-refractivity contribution >= 4 is 17.5 Å². The lowest BCUT2D eigenvalue weighted by atomic mass is 10.1. The standard InChI is InChI=1S/C11H15ClN2O/c1-7(12)6-13-11(15)10-5-4-8(2)14-9(10)3/h4-5,7H,6H2,1-3H3,(H,13,15). The molecule has 1 aromatic rings. The smallest absolute Gasteiger partial charge is 0.253 e. The van der Waals surface area contributed by atoms with Gasteiger partial charge in [0.1, 0.15) is 0 Å². The summed E-state index contributed by atoms with van der Waals surface area (Å²) in [5.41, 5.74) is 2.27. The molecule has 1 N–H and O–H groups in total. The molecule has 3 nitrogen and oxygen atoms in total. The average Bonchev–Trinajstić information content (AvgIpc) is 2.14. The van der Waals surface area contributed by atoms with Crippen LogP contribution in [0.4, 0.5) is 0 Å². The largest absolute Gasteiger partial charge is 0.351 e. The van der Waals surface area contributed by atoms with Crippen LogP contribution >= 0.6 is 11.6 Å². The average molecular weight is 227 g/mol. The third-order valence-electron chi connectivity index (χ3n) is 2.01. The maximum absolute atomic E-state index is 11.7. The molecule has 0 fully saturated rings. The predicted molar refractivity (Wildman–Crippen MR) is 61.4 cm³/mol. The number of hydrogen-bond acceptors (Lipinski definition) is 2. The quantitative estimate of drug-likeness (QED) is 0.802. The summed E-state index contributed by atoms with van der Waals surface area (Å²) in [5, 5.41) is 2.69. The SMILES string of the molecule is Cc1ccc(C(=O)NCC(C)Cl)c(C)n1. The number of nitrogens with zero attached hydrogens (tertiary/aromatic N) is 1. The van der Waals surface area contributed by atoms with Crippen molar-refractivity contribution in [2.75, 3.05) is 6.54 Å². The molecule has 82 valence electrons. The van der Waals surface area contributed by atoms with Crippen molar-refractivity contribution in [2.45, 2.75) is 26.1 Å². The van der Waals surface area contributed by atoms with Gasteiger partial charge in [0.25, 0.3) is 5.91 Å². The van der Waals surface area contributed by atoms with Crippen LogP contribution in [0.3, 0.4) is 0 Å². The summed E-state index contributed by atoms with van der Waals surface area (Å²) in [4.78, 5) is 15.9. The Morgan fingerprint density at radius 3 is 2.73 bits per heavy atom. The Bertz CT molecular complexity index is 364. The van der Waals surface area contributed by atoms with Gasteiger partial charge in [-0.1, -0.05) is 0 Å². The Hall–Kier alpha value is -1.09. The highest BCUT2D eigenvalue weighted by molar-refractivity contribution is 6.20. The van der Waals surface area contributed by atoms with E-state index in [4.69, 9.17) is 11.6 Å². The van der Waals surface area contributed by atoms with Crippen molar-refractivity contribution in [2.24, 2.45) is 0 Å². The van der Waals surface area contributed by atoms with E-state index in [1.54, 1.807) is 6.07 Å². The molecule has 1 aromatic heterocycles. The number of pyridine rings is 1. The minimum Gasteiger partial charge on any atom is -0.351 e. The zero-order valence-corrected chi connectivity index (χ0v) is 9.93. The van der Waals surface area contributed by atoms with Gasteiger partial charge in [0.05, 0.1) is 11.3 Å². The van der Waals surface area contributed by atoms with Crippen molar-refractivity contribution in [3.8, 4) is 0 Å². The van der Waals surface area contributed by atoms with Gasteiger partial charge >= 0.3 is 0 Å². The molecular formula is C11H15ClN2O. The van der Waals surface area contributed by atoms with Gasteiger partial charge < -0.3 is 5.32 Å². The molecule has 1 unspecified atom stereocenters. The lowest BCUT2D eigenvalue weighted by Crippen LogP contribution is -2.29. The monoisotopic (exact) mass is 226 g/mol. The van der Waals surface area contributed by atoms with Gasteiger partial charge in [-0.05, 0) is 32.9 Å². The Morgan fingerprint density at radius 1 is 1.53 bits per heavy atom. The fourth-order valence-electron chi connectivity index (χ4n) is 1.26. The summed E-state index contributed by atoms with van der Waals surface area (Å²) in [5.74, 6) is -0.118. The number of alkyl halides is 1. The van der Waals surface area contributed by atoms with Gasteiger partial charge in [0.15, 0.2) is 0 Å². The van der Waals surface area contributed by atoms with Crippen molar-refractivity contribution < 1.29 is 4.79 Å². The molecule has 0 aliphatic carbocycles. The first-order valence-corrected chi connectivity index (χ1v) is 5.31. The molecule has 0 radical (unpaired) electrons. The van der Waals surface area contributed by atoms with Crippen LogP contribution in [0, 0.1) is 13.8 Å². The third kappa shape index (κ3) is 3.51. The number of amides is 1. The number of aryl methyl sites for hydroxylation is 2. The molecule has 0 spiro atoms. The highest BCUT2D eigenvalue weighted by Crippen LogP contribution is 2.06. The van der Waals surface area contributed by atoms with Crippen LogP contribution in [-0.4, -0.2) is 22.8 Å². The number of aromatic nitrogens is 1. The summed E-state index contributed by atoms with van der Waals surface area (Å²) < 4.78 is 0. The Labute approximate surface area is 94.9 Å². The number of hydrogen-bond donors (Lipinski definition) is 1. The van der Waals surface area contributed by atoms with Crippen molar-refractivity contribution in [3.05, 3.63) is 29.1 Å². The molecule has 1 heterocycles. The minimum absolute atomic E-state index is 0.0623. The molecule has 1 atom stereocenters. The minimum atomic E-state index is -0.118. The molecule has 1 rings (SSSR count). The zero-order chi connectivity index (χ0) is 11.4.